The van der Waals surface area contributed by atoms with Gasteiger partial charge in [0.05, 0.1) is 13.2 Å². The smallest absolute Gasteiger partial charge is 0.0613 e. The van der Waals surface area contributed by atoms with E-state index in [0.29, 0.717) is 12.1 Å². The van der Waals surface area contributed by atoms with Crippen LogP contribution < -0.4 is 5.32 Å². The molecule has 3 atom stereocenters. The van der Waals surface area contributed by atoms with Crippen LogP contribution in [0.1, 0.15) is 52.4 Å². The highest BCUT2D eigenvalue weighted by molar-refractivity contribution is 4.98. The number of methoxy groups -OCH3 is 1. The predicted molar refractivity (Wildman–Crippen MR) is 86.5 cm³/mol. The first-order chi connectivity index (χ1) is 10.2. The maximum Gasteiger partial charge on any atom is 0.0613 e. The van der Waals surface area contributed by atoms with Crippen molar-refractivity contribution in [3.63, 3.8) is 0 Å². The number of ether oxygens (including phenoxy) is 1. The standard InChI is InChI=1S/C17H34N2O2/c1-4-18-17(13-20)9-5-6-16(12-17)19(10-11-21-3)14(2)15-7-8-15/h14-16,18,20H,4-13H2,1-3H3. The topological polar surface area (TPSA) is 44.7 Å². The number of nitrogens with one attached hydrogen (secondary N) is 1. The number of nitrogens with zero attached hydrogens (tertiary/aromatic N) is 1. The third-order valence-corrected chi connectivity index (χ3v) is 5.52. The summed E-state index contributed by atoms with van der Waals surface area (Å²) in [6, 6.07) is 1.23. The van der Waals surface area contributed by atoms with Crippen molar-refractivity contribution in [2.45, 2.75) is 70.0 Å². The first-order valence-electron chi connectivity index (χ1n) is 8.76. The molecule has 0 saturated heterocycles. The van der Waals surface area contributed by atoms with Crippen molar-refractivity contribution < 1.29 is 9.84 Å². The van der Waals surface area contributed by atoms with E-state index in [4.69, 9.17) is 4.74 Å². The van der Waals surface area contributed by atoms with Crippen LogP contribution in [0.4, 0.5) is 0 Å². The van der Waals surface area contributed by atoms with Crippen LogP contribution in [0.5, 0.6) is 0 Å². The van der Waals surface area contributed by atoms with E-state index in [2.05, 4.69) is 24.1 Å². The van der Waals surface area contributed by atoms with E-state index in [0.717, 1.165) is 38.5 Å². The molecule has 0 bridgehead atoms. The van der Waals surface area contributed by atoms with E-state index in [1.807, 2.05) is 0 Å². The van der Waals surface area contributed by atoms with Gasteiger partial charge in [0.25, 0.3) is 0 Å². The summed E-state index contributed by atoms with van der Waals surface area (Å²) in [5, 5.41) is 13.5. The second kappa shape index (κ2) is 7.91. The molecule has 0 heterocycles. The van der Waals surface area contributed by atoms with E-state index in [1.54, 1.807) is 7.11 Å². The van der Waals surface area contributed by atoms with E-state index < -0.39 is 0 Å². The van der Waals surface area contributed by atoms with Gasteiger partial charge in [-0.1, -0.05) is 6.92 Å². The van der Waals surface area contributed by atoms with Crippen molar-refractivity contribution in [1.82, 2.24) is 10.2 Å². The fourth-order valence-corrected chi connectivity index (χ4v) is 4.11. The summed E-state index contributed by atoms with van der Waals surface area (Å²) in [6.45, 7) is 7.54. The van der Waals surface area contributed by atoms with Crippen LogP contribution in [0.3, 0.4) is 0 Å². The summed E-state index contributed by atoms with van der Waals surface area (Å²) >= 11 is 0. The molecule has 4 nitrogen and oxygen atoms in total. The average Bonchev–Trinajstić information content (AvgIpc) is 3.33. The average molecular weight is 298 g/mol. The molecule has 2 aliphatic rings. The Morgan fingerprint density at radius 1 is 1.38 bits per heavy atom. The van der Waals surface area contributed by atoms with Crippen molar-refractivity contribution in [2.24, 2.45) is 5.92 Å². The lowest BCUT2D eigenvalue weighted by molar-refractivity contribution is 0.0231. The van der Waals surface area contributed by atoms with Crippen LogP contribution >= 0.6 is 0 Å². The maximum absolute atomic E-state index is 9.90. The summed E-state index contributed by atoms with van der Waals surface area (Å²) in [5.74, 6) is 0.881. The number of hydrogen-bond acceptors (Lipinski definition) is 4. The second-order valence-electron chi connectivity index (χ2n) is 7.03. The van der Waals surface area contributed by atoms with Crippen LogP contribution in [0.25, 0.3) is 0 Å². The maximum atomic E-state index is 9.90. The van der Waals surface area contributed by atoms with Gasteiger partial charge in [0.15, 0.2) is 0 Å². The molecule has 0 aliphatic heterocycles. The molecule has 2 N–H and O–H groups in total. The highest BCUT2D eigenvalue weighted by Crippen LogP contribution is 2.39. The van der Waals surface area contributed by atoms with Crippen molar-refractivity contribution in [3.05, 3.63) is 0 Å². The van der Waals surface area contributed by atoms with E-state index in [9.17, 15) is 5.11 Å². The highest BCUT2D eigenvalue weighted by atomic mass is 16.5. The van der Waals surface area contributed by atoms with E-state index in [1.165, 1.54) is 25.7 Å². The molecule has 0 amide bonds. The third kappa shape index (κ3) is 4.41. The molecule has 3 unspecified atom stereocenters. The molecule has 2 aliphatic carbocycles. The lowest BCUT2D eigenvalue weighted by atomic mass is 9.78. The van der Waals surface area contributed by atoms with Crippen LogP contribution in [-0.4, -0.2) is 61.0 Å². The van der Waals surface area contributed by atoms with Crippen molar-refractivity contribution >= 4 is 0 Å². The number of aliphatic hydroxyl groups excluding tert-OH is 1. The molecular formula is C17H34N2O2. The monoisotopic (exact) mass is 298 g/mol. The Morgan fingerprint density at radius 3 is 2.71 bits per heavy atom. The van der Waals surface area contributed by atoms with Gasteiger partial charge in [-0.05, 0) is 57.9 Å². The molecular weight excluding hydrogens is 264 g/mol. The Balaban J connectivity index is 2.03. The summed E-state index contributed by atoms with van der Waals surface area (Å²) in [5.41, 5.74) is -0.0632. The largest absolute Gasteiger partial charge is 0.394 e. The van der Waals surface area contributed by atoms with Gasteiger partial charge in [-0.3, -0.25) is 4.90 Å². The highest BCUT2D eigenvalue weighted by Gasteiger charge is 2.41. The fraction of sp³-hybridized carbons (Fsp3) is 1.00. The second-order valence-corrected chi connectivity index (χ2v) is 7.03. The van der Waals surface area contributed by atoms with Gasteiger partial charge in [0.1, 0.15) is 0 Å². The molecule has 2 fully saturated rings. The van der Waals surface area contributed by atoms with Crippen LogP contribution in [0, 0.1) is 5.92 Å². The van der Waals surface area contributed by atoms with Gasteiger partial charge >= 0.3 is 0 Å². The number of rotatable bonds is 9. The predicted octanol–water partition coefficient (Wildman–Crippen LogP) is 2.02. The Morgan fingerprint density at radius 2 is 2.14 bits per heavy atom. The van der Waals surface area contributed by atoms with E-state index >= 15 is 0 Å². The summed E-state index contributed by atoms with van der Waals surface area (Å²) < 4.78 is 5.33. The Hall–Kier alpha value is -0.160. The molecule has 124 valence electrons. The SMILES string of the molecule is CCNC1(CO)CCCC(N(CCOC)C(C)C2CC2)C1. The Kier molecular flexibility index (Phi) is 6.48. The summed E-state index contributed by atoms with van der Waals surface area (Å²) in [6.07, 6.45) is 7.40. The van der Waals surface area contributed by atoms with Crippen molar-refractivity contribution in [1.29, 1.82) is 0 Å². The van der Waals surface area contributed by atoms with Gasteiger partial charge in [-0.2, -0.15) is 0 Å². The normalized spacial score (nSPS) is 31.6. The lowest BCUT2D eigenvalue weighted by Gasteiger charge is -2.46. The minimum absolute atomic E-state index is 0.0632. The Labute approximate surface area is 130 Å². The molecule has 0 spiro atoms. The molecule has 0 aromatic heterocycles. The van der Waals surface area contributed by atoms with Crippen LogP contribution in [0.2, 0.25) is 0 Å². The zero-order chi connectivity index (χ0) is 15.3. The lowest BCUT2D eigenvalue weighted by Crippen LogP contribution is -2.57. The van der Waals surface area contributed by atoms with E-state index in [-0.39, 0.29) is 12.1 Å². The van der Waals surface area contributed by atoms with Gasteiger partial charge in [0, 0.05) is 31.3 Å². The zero-order valence-corrected chi connectivity index (χ0v) is 14.1. The quantitative estimate of drug-likeness (QED) is 0.683. The van der Waals surface area contributed by atoms with Crippen LogP contribution in [-0.2, 0) is 4.74 Å². The van der Waals surface area contributed by atoms with Gasteiger partial charge in [-0.25, -0.2) is 0 Å². The number of likely N-dealkylation sites (N-methyl/N-ethyl adjacent to an activating group) is 1. The Bertz CT molecular complexity index is 305. The molecule has 2 saturated carbocycles. The molecule has 21 heavy (non-hydrogen) atoms. The van der Waals surface area contributed by atoms with Crippen molar-refractivity contribution in [3.8, 4) is 0 Å². The first-order valence-corrected chi connectivity index (χ1v) is 8.76. The first kappa shape index (κ1) is 17.2. The molecule has 2 rings (SSSR count). The van der Waals surface area contributed by atoms with Gasteiger partial charge < -0.3 is 15.2 Å². The summed E-state index contributed by atoms with van der Waals surface area (Å²) in [4.78, 5) is 2.67. The van der Waals surface area contributed by atoms with Gasteiger partial charge in [0.2, 0.25) is 0 Å². The van der Waals surface area contributed by atoms with Crippen molar-refractivity contribution in [2.75, 3.05) is 33.4 Å². The number of hydrogen-bond donors (Lipinski definition) is 2. The third-order valence-electron chi connectivity index (χ3n) is 5.52. The fourth-order valence-electron chi connectivity index (χ4n) is 4.11. The number of aliphatic hydroxyl groups is 1. The molecule has 4 heteroatoms. The minimum Gasteiger partial charge on any atom is -0.394 e. The molecule has 0 aromatic carbocycles. The summed E-state index contributed by atoms with van der Waals surface area (Å²) in [7, 11) is 1.79. The molecule has 0 radical (unpaired) electrons. The van der Waals surface area contributed by atoms with Gasteiger partial charge in [-0.15, -0.1) is 0 Å². The van der Waals surface area contributed by atoms with Crippen LogP contribution in [0.15, 0.2) is 0 Å². The molecule has 0 aromatic rings. The zero-order valence-electron chi connectivity index (χ0n) is 14.1. The minimum atomic E-state index is -0.0632.